The molecule has 30 heavy (non-hydrogen) atoms. The Bertz CT molecular complexity index is 1040. The molecule has 0 aliphatic heterocycles. The van der Waals surface area contributed by atoms with Crippen molar-refractivity contribution in [2.75, 3.05) is 5.32 Å². The summed E-state index contributed by atoms with van der Waals surface area (Å²) < 4.78 is 7.13. The van der Waals surface area contributed by atoms with Crippen LogP contribution in [-0.2, 0) is 17.9 Å². The van der Waals surface area contributed by atoms with Gasteiger partial charge in [-0.1, -0.05) is 16.8 Å². The van der Waals surface area contributed by atoms with Crippen molar-refractivity contribution < 1.29 is 9.53 Å². The second kappa shape index (κ2) is 10.3. The van der Waals surface area contributed by atoms with Crippen LogP contribution in [0.15, 0.2) is 59.8 Å². The molecule has 11 heteroatoms. The topological polar surface area (TPSA) is 119 Å². The first-order chi connectivity index (χ1) is 14.5. The van der Waals surface area contributed by atoms with Gasteiger partial charge in [0.05, 0.1) is 12.4 Å². The Labute approximate surface area is 182 Å². The van der Waals surface area contributed by atoms with E-state index in [9.17, 15) is 4.79 Å². The number of carbonyl (C=O) groups excluding carboxylic acids is 1. The second-order valence-corrected chi connectivity index (χ2v) is 6.93. The first-order valence-electron chi connectivity index (χ1n) is 8.74. The molecule has 4 N–H and O–H groups in total. The van der Waals surface area contributed by atoms with Gasteiger partial charge in [-0.25, -0.2) is 4.68 Å². The van der Waals surface area contributed by atoms with E-state index < -0.39 is 0 Å². The van der Waals surface area contributed by atoms with Crippen LogP contribution < -0.4 is 21.2 Å². The molecule has 9 nitrogen and oxygen atoms in total. The lowest BCUT2D eigenvalue weighted by Gasteiger charge is -2.05. The van der Waals surface area contributed by atoms with Crippen molar-refractivity contribution in [1.29, 1.82) is 0 Å². The van der Waals surface area contributed by atoms with Crippen LogP contribution in [-0.4, -0.2) is 32.2 Å². The molecular weight excluding hydrogens is 426 g/mol. The number of hydrazone groups is 1. The molecule has 0 bridgehead atoms. The minimum Gasteiger partial charge on any atom is -0.487 e. The number of ether oxygens (including phenoxy) is 1. The number of nitrogens with two attached hydrogens (primary N) is 1. The standard InChI is InChI=1S/C19H18ClN7O2S/c20-14-3-5-15(6-4-14)23-18(28)11-27-10-16(24-26-27)12-29-17-7-1-13(2-8-17)9-22-25-19(21)30/h1-10H,11-12H2,(H,23,28)(H3,21,25,30)/b22-9+. The molecule has 0 fully saturated rings. The summed E-state index contributed by atoms with van der Waals surface area (Å²) in [6.07, 6.45) is 3.24. The van der Waals surface area contributed by atoms with Gasteiger partial charge in [0.15, 0.2) is 5.11 Å². The molecule has 3 rings (SSSR count). The number of aromatic nitrogens is 3. The summed E-state index contributed by atoms with van der Waals surface area (Å²) in [5, 5.41) is 15.3. The maximum atomic E-state index is 12.1. The van der Waals surface area contributed by atoms with E-state index in [2.05, 4.69) is 38.4 Å². The van der Waals surface area contributed by atoms with E-state index in [4.69, 9.17) is 22.1 Å². The largest absolute Gasteiger partial charge is 0.487 e. The van der Waals surface area contributed by atoms with E-state index in [0.717, 1.165) is 5.56 Å². The fourth-order valence-corrected chi connectivity index (χ4v) is 2.52. The maximum absolute atomic E-state index is 12.1. The van der Waals surface area contributed by atoms with E-state index >= 15 is 0 Å². The summed E-state index contributed by atoms with van der Waals surface area (Å²) in [6, 6.07) is 14.1. The van der Waals surface area contributed by atoms with Crippen LogP contribution in [0.5, 0.6) is 5.75 Å². The summed E-state index contributed by atoms with van der Waals surface area (Å²) in [5.41, 5.74) is 9.88. The fraction of sp³-hybridized carbons (Fsp3) is 0.105. The van der Waals surface area contributed by atoms with E-state index in [1.165, 1.54) is 4.68 Å². The van der Waals surface area contributed by atoms with Gasteiger partial charge in [0.25, 0.3) is 0 Å². The van der Waals surface area contributed by atoms with Crippen molar-refractivity contribution >= 4 is 46.7 Å². The van der Waals surface area contributed by atoms with Gasteiger partial charge < -0.3 is 15.8 Å². The smallest absolute Gasteiger partial charge is 0.246 e. The van der Waals surface area contributed by atoms with Crippen molar-refractivity contribution in [1.82, 2.24) is 20.4 Å². The summed E-state index contributed by atoms with van der Waals surface area (Å²) in [7, 11) is 0. The van der Waals surface area contributed by atoms with Crippen LogP contribution in [0.1, 0.15) is 11.3 Å². The molecule has 3 aromatic rings. The predicted octanol–water partition coefficient (Wildman–Crippen LogP) is 2.32. The Morgan fingerprint density at radius 1 is 1.23 bits per heavy atom. The van der Waals surface area contributed by atoms with Gasteiger partial charge in [0, 0.05) is 10.7 Å². The number of nitrogens with zero attached hydrogens (tertiary/aromatic N) is 4. The van der Waals surface area contributed by atoms with Crippen LogP contribution in [0.3, 0.4) is 0 Å². The molecule has 0 saturated carbocycles. The van der Waals surface area contributed by atoms with Gasteiger partial charge in [-0.05, 0) is 66.3 Å². The Morgan fingerprint density at radius 3 is 2.67 bits per heavy atom. The third-order valence-electron chi connectivity index (χ3n) is 3.67. The number of anilines is 1. The van der Waals surface area contributed by atoms with Crippen LogP contribution in [0.4, 0.5) is 5.69 Å². The third-order valence-corrected chi connectivity index (χ3v) is 4.02. The predicted molar refractivity (Wildman–Crippen MR) is 118 cm³/mol. The molecule has 1 amide bonds. The average molecular weight is 444 g/mol. The van der Waals surface area contributed by atoms with E-state index in [1.54, 1.807) is 48.8 Å². The molecular formula is C19H18ClN7O2S. The summed E-state index contributed by atoms with van der Waals surface area (Å²) >= 11 is 10.5. The number of hydrogen-bond donors (Lipinski definition) is 3. The highest BCUT2D eigenvalue weighted by Crippen LogP contribution is 2.14. The minimum absolute atomic E-state index is 0.0317. The van der Waals surface area contributed by atoms with Crippen LogP contribution in [0.25, 0.3) is 0 Å². The quantitative estimate of drug-likeness (QED) is 0.277. The number of thiocarbonyl (C=S) groups is 1. The van der Waals surface area contributed by atoms with Gasteiger partial charge in [0.1, 0.15) is 24.6 Å². The highest BCUT2D eigenvalue weighted by atomic mass is 35.5. The summed E-state index contributed by atoms with van der Waals surface area (Å²) in [4.78, 5) is 12.1. The summed E-state index contributed by atoms with van der Waals surface area (Å²) in [5.74, 6) is 0.432. The number of amides is 1. The number of hydrogen-bond acceptors (Lipinski definition) is 6. The zero-order valence-electron chi connectivity index (χ0n) is 15.7. The Hall–Kier alpha value is -3.50. The molecule has 0 spiro atoms. The second-order valence-electron chi connectivity index (χ2n) is 6.05. The maximum Gasteiger partial charge on any atom is 0.246 e. The Morgan fingerprint density at radius 2 is 1.97 bits per heavy atom. The fourth-order valence-electron chi connectivity index (χ4n) is 2.34. The van der Waals surface area contributed by atoms with Gasteiger partial charge >= 0.3 is 0 Å². The minimum atomic E-state index is -0.225. The lowest BCUT2D eigenvalue weighted by Crippen LogP contribution is -2.23. The first-order valence-corrected chi connectivity index (χ1v) is 9.52. The normalized spacial score (nSPS) is 10.7. The third kappa shape index (κ3) is 6.83. The van der Waals surface area contributed by atoms with Crippen LogP contribution >= 0.6 is 23.8 Å². The number of rotatable bonds is 8. The molecule has 0 aliphatic carbocycles. The van der Waals surface area contributed by atoms with Crippen molar-refractivity contribution in [3.05, 3.63) is 71.0 Å². The Balaban J connectivity index is 1.47. The first kappa shape index (κ1) is 21.2. The van der Waals surface area contributed by atoms with Crippen molar-refractivity contribution in [2.24, 2.45) is 10.8 Å². The molecule has 0 unspecified atom stereocenters. The Kier molecular flexibility index (Phi) is 7.30. The van der Waals surface area contributed by atoms with Crippen molar-refractivity contribution in [3.8, 4) is 5.75 Å². The monoisotopic (exact) mass is 443 g/mol. The molecule has 0 atom stereocenters. The number of nitrogens with one attached hydrogen (secondary N) is 2. The molecule has 2 aromatic carbocycles. The number of carbonyl (C=O) groups is 1. The zero-order chi connectivity index (χ0) is 21.3. The van der Waals surface area contributed by atoms with Crippen molar-refractivity contribution in [2.45, 2.75) is 13.2 Å². The van der Waals surface area contributed by atoms with E-state index in [-0.39, 0.29) is 24.2 Å². The lowest BCUT2D eigenvalue weighted by atomic mass is 10.2. The zero-order valence-corrected chi connectivity index (χ0v) is 17.2. The number of halogens is 1. The summed E-state index contributed by atoms with van der Waals surface area (Å²) in [6.45, 7) is 0.249. The van der Waals surface area contributed by atoms with E-state index in [0.29, 0.717) is 22.2 Å². The van der Waals surface area contributed by atoms with Gasteiger partial charge in [-0.2, -0.15) is 5.10 Å². The van der Waals surface area contributed by atoms with Crippen LogP contribution in [0.2, 0.25) is 5.02 Å². The number of benzene rings is 2. The van der Waals surface area contributed by atoms with Crippen molar-refractivity contribution in [3.63, 3.8) is 0 Å². The molecule has 1 aromatic heterocycles. The van der Waals surface area contributed by atoms with Gasteiger partial charge in [0.2, 0.25) is 5.91 Å². The lowest BCUT2D eigenvalue weighted by molar-refractivity contribution is -0.116. The van der Waals surface area contributed by atoms with Gasteiger partial charge in [-0.15, -0.1) is 5.10 Å². The molecule has 0 aliphatic rings. The molecule has 154 valence electrons. The SMILES string of the molecule is NC(=S)N/N=C/c1ccc(OCc2cn(CC(=O)Nc3ccc(Cl)cc3)nn2)cc1. The molecule has 0 radical (unpaired) electrons. The molecule has 1 heterocycles. The average Bonchev–Trinajstić information content (AvgIpc) is 3.16. The van der Waals surface area contributed by atoms with Gasteiger partial charge in [-0.3, -0.25) is 10.2 Å². The van der Waals surface area contributed by atoms with E-state index in [1.807, 2.05) is 12.1 Å². The molecule has 0 saturated heterocycles. The highest BCUT2D eigenvalue weighted by Gasteiger charge is 2.07. The van der Waals surface area contributed by atoms with Crippen LogP contribution in [0, 0.1) is 0 Å². The highest BCUT2D eigenvalue weighted by molar-refractivity contribution is 7.80.